The molecule has 1 fully saturated rings. The Morgan fingerprint density at radius 2 is 1.80 bits per heavy atom. The van der Waals surface area contributed by atoms with Gasteiger partial charge >= 0.3 is 0 Å². The monoisotopic (exact) mass is 280 g/mol. The Bertz CT molecular complexity index is 603. The fourth-order valence-electron chi connectivity index (χ4n) is 3.31. The van der Waals surface area contributed by atoms with Crippen LogP contribution in [0.1, 0.15) is 24.8 Å². The molecule has 0 amide bonds. The van der Waals surface area contributed by atoms with E-state index in [9.17, 15) is 8.78 Å². The Kier molecular flexibility index (Phi) is 2.62. The largest absolute Gasteiger partial charge is 0.485 e. The molecule has 0 aromatic heterocycles. The molecule has 1 saturated heterocycles. The summed E-state index contributed by atoms with van der Waals surface area (Å²) in [5.41, 5.74) is 2.09. The number of ether oxygens (including phenoxy) is 3. The predicted octanol–water partition coefficient (Wildman–Crippen LogP) is 3.04. The van der Waals surface area contributed by atoms with E-state index in [0.717, 1.165) is 23.3 Å². The highest BCUT2D eigenvalue weighted by molar-refractivity contribution is 5.76. The molecular formula is C15H14F2O3. The topological polar surface area (TPSA) is 27.7 Å². The van der Waals surface area contributed by atoms with Crippen molar-refractivity contribution in [3.05, 3.63) is 34.9 Å². The van der Waals surface area contributed by atoms with Crippen molar-refractivity contribution >= 4 is 5.57 Å². The van der Waals surface area contributed by atoms with E-state index in [0.29, 0.717) is 32.5 Å². The molecular weight excluding hydrogens is 266 g/mol. The summed E-state index contributed by atoms with van der Waals surface area (Å²) in [4.78, 5) is 0. The molecule has 2 heterocycles. The van der Waals surface area contributed by atoms with Crippen LogP contribution in [-0.4, -0.2) is 25.6 Å². The van der Waals surface area contributed by atoms with Crippen molar-refractivity contribution in [3.8, 4) is 5.75 Å². The summed E-state index contributed by atoms with van der Waals surface area (Å²) in [6, 6.07) is 2.26. The van der Waals surface area contributed by atoms with Crippen LogP contribution in [0.4, 0.5) is 8.78 Å². The van der Waals surface area contributed by atoms with Gasteiger partial charge in [-0.05, 0) is 29.7 Å². The number of halogens is 2. The first-order chi connectivity index (χ1) is 9.69. The Morgan fingerprint density at radius 1 is 1.05 bits per heavy atom. The summed E-state index contributed by atoms with van der Waals surface area (Å²) < 4.78 is 44.6. The van der Waals surface area contributed by atoms with Crippen molar-refractivity contribution in [2.24, 2.45) is 0 Å². The van der Waals surface area contributed by atoms with Crippen LogP contribution in [0.5, 0.6) is 5.75 Å². The lowest BCUT2D eigenvalue weighted by Gasteiger charge is -2.37. The molecule has 1 aromatic rings. The van der Waals surface area contributed by atoms with E-state index in [1.807, 2.05) is 0 Å². The fraction of sp³-hybridized carbons (Fsp3) is 0.467. The number of rotatable bonds is 0. The van der Waals surface area contributed by atoms with E-state index in [4.69, 9.17) is 14.2 Å². The number of allylic oxidation sites excluding steroid dienone is 1. The second-order valence-electron chi connectivity index (χ2n) is 5.39. The molecule has 1 aliphatic carbocycles. The van der Waals surface area contributed by atoms with Gasteiger partial charge in [0.15, 0.2) is 17.4 Å². The average molecular weight is 280 g/mol. The van der Waals surface area contributed by atoms with E-state index >= 15 is 0 Å². The minimum atomic E-state index is -0.580. The van der Waals surface area contributed by atoms with Crippen LogP contribution in [-0.2, 0) is 9.47 Å². The zero-order chi connectivity index (χ0) is 13.7. The highest BCUT2D eigenvalue weighted by Crippen LogP contribution is 2.47. The van der Waals surface area contributed by atoms with E-state index in [1.54, 1.807) is 0 Å². The van der Waals surface area contributed by atoms with Gasteiger partial charge in [0, 0.05) is 12.8 Å². The number of hydrogen-bond donors (Lipinski definition) is 0. The summed E-state index contributed by atoms with van der Waals surface area (Å²) in [5.74, 6) is -1.49. The minimum absolute atomic E-state index is 0.0351. The number of fused-ring (bicyclic) bond motifs is 2. The van der Waals surface area contributed by atoms with E-state index in [2.05, 4.69) is 0 Å². The third-order valence-electron chi connectivity index (χ3n) is 4.23. The molecule has 5 heteroatoms. The summed E-state index contributed by atoms with van der Waals surface area (Å²) in [5, 5.41) is 0. The van der Waals surface area contributed by atoms with Gasteiger partial charge in [0.2, 0.25) is 0 Å². The fourth-order valence-corrected chi connectivity index (χ4v) is 3.31. The molecule has 106 valence electrons. The molecule has 4 rings (SSSR count). The number of hydrogen-bond acceptors (Lipinski definition) is 3. The zero-order valence-corrected chi connectivity index (χ0v) is 10.9. The second kappa shape index (κ2) is 4.27. The van der Waals surface area contributed by atoms with E-state index in [1.165, 1.54) is 0 Å². The van der Waals surface area contributed by atoms with Gasteiger partial charge < -0.3 is 14.2 Å². The highest BCUT2D eigenvalue weighted by Gasteiger charge is 2.43. The van der Waals surface area contributed by atoms with Crippen molar-refractivity contribution in [2.75, 3.05) is 19.8 Å². The Hall–Kier alpha value is -1.46. The first kappa shape index (κ1) is 12.3. The van der Waals surface area contributed by atoms with Crippen molar-refractivity contribution < 1.29 is 23.0 Å². The molecule has 1 spiro atoms. The summed E-state index contributed by atoms with van der Waals surface area (Å²) in [6.07, 6.45) is 1.85. The quantitative estimate of drug-likeness (QED) is 0.731. The SMILES string of the molecule is Fc1ccc(F)c2c1OCC1=C2CCC2(C1)OCCO2. The molecule has 0 bridgehead atoms. The van der Waals surface area contributed by atoms with Gasteiger partial charge in [-0.1, -0.05) is 0 Å². The van der Waals surface area contributed by atoms with Gasteiger partial charge in [-0.2, -0.15) is 0 Å². The van der Waals surface area contributed by atoms with Crippen LogP contribution in [0.15, 0.2) is 17.7 Å². The standard InChI is InChI=1S/C15H14F2O3/c16-11-1-2-12(17)14-13(11)10-3-4-15(19-5-6-20-15)7-9(10)8-18-14/h1-2H,3-8H2. The van der Waals surface area contributed by atoms with Crippen molar-refractivity contribution in [1.82, 2.24) is 0 Å². The van der Waals surface area contributed by atoms with Crippen molar-refractivity contribution in [2.45, 2.75) is 25.0 Å². The third-order valence-corrected chi connectivity index (χ3v) is 4.23. The lowest BCUT2D eigenvalue weighted by atomic mass is 9.82. The van der Waals surface area contributed by atoms with E-state index < -0.39 is 17.4 Å². The molecule has 3 nitrogen and oxygen atoms in total. The predicted molar refractivity (Wildman–Crippen MR) is 67.3 cm³/mol. The molecule has 0 saturated carbocycles. The molecule has 0 radical (unpaired) electrons. The molecule has 0 unspecified atom stereocenters. The zero-order valence-electron chi connectivity index (χ0n) is 10.9. The van der Waals surface area contributed by atoms with Crippen LogP contribution < -0.4 is 4.74 Å². The molecule has 20 heavy (non-hydrogen) atoms. The van der Waals surface area contributed by atoms with Crippen LogP contribution in [0.25, 0.3) is 5.57 Å². The molecule has 2 aliphatic heterocycles. The lowest BCUT2D eigenvalue weighted by molar-refractivity contribution is -0.162. The molecule has 0 atom stereocenters. The van der Waals surface area contributed by atoms with Crippen molar-refractivity contribution in [1.29, 1.82) is 0 Å². The molecule has 1 aromatic carbocycles. The van der Waals surface area contributed by atoms with Gasteiger partial charge in [0.1, 0.15) is 12.4 Å². The molecule has 3 aliphatic rings. The normalized spacial score (nSPS) is 23.5. The van der Waals surface area contributed by atoms with Gasteiger partial charge in [-0.15, -0.1) is 0 Å². The highest BCUT2D eigenvalue weighted by atomic mass is 19.1. The Morgan fingerprint density at radius 3 is 2.60 bits per heavy atom. The summed E-state index contributed by atoms with van der Waals surface area (Å²) in [7, 11) is 0. The summed E-state index contributed by atoms with van der Waals surface area (Å²) in [6.45, 7) is 1.45. The van der Waals surface area contributed by atoms with Crippen LogP contribution in [0.3, 0.4) is 0 Å². The summed E-state index contributed by atoms with van der Waals surface area (Å²) >= 11 is 0. The average Bonchev–Trinajstić information content (AvgIpc) is 2.90. The first-order valence-electron chi connectivity index (χ1n) is 6.78. The van der Waals surface area contributed by atoms with Crippen LogP contribution in [0, 0.1) is 11.6 Å². The lowest BCUT2D eigenvalue weighted by Crippen LogP contribution is -2.36. The van der Waals surface area contributed by atoms with Gasteiger partial charge in [-0.25, -0.2) is 8.78 Å². The maximum atomic E-state index is 14.0. The van der Waals surface area contributed by atoms with Gasteiger partial charge in [-0.3, -0.25) is 0 Å². The Balaban J connectivity index is 1.79. The van der Waals surface area contributed by atoms with Crippen molar-refractivity contribution in [3.63, 3.8) is 0 Å². The smallest absolute Gasteiger partial charge is 0.172 e. The van der Waals surface area contributed by atoms with E-state index in [-0.39, 0.29) is 17.9 Å². The minimum Gasteiger partial charge on any atom is -0.485 e. The maximum Gasteiger partial charge on any atom is 0.172 e. The van der Waals surface area contributed by atoms with Gasteiger partial charge in [0.25, 0.3) is 0 Å². The number of benzene rings is 1. The van der Waals surface area contributed by atoms with Crippen LogP contribution >= 0.6 is 0 Å². The van der Waals surface area contributed by atoms with Gasteiger partial charge in [0.05, 0.1) is 18.8 Å². The third kappa shape index (κ3) is 1.70. The second-order valence-corrected chi connectivity index (χ2v) is 5.39. The van der Waals surface area contributed by atoms with Crippen LogP contribution in [0.2, 0.25) is 0 Å². The first-order valence-corrected chi connectivity index (χ1v) is 6.78. The molecule has 0 N–H and O–H groups in total. The Labute approximate surface area is 115 Å². The maximum absolute atomic E-state index is 14.0.